The van der Waals surface area contributed by atoms with Gasteiger partial charge in [-0.15, -0.1) is 0 Å². The zero-order valence-corrected chi connectivity index (χ0v) is 9.60. The summed E-state index contributed by atoms with van der Waals surface area (Å²) in [6.45, 7) is -0.0812. The van der Waals surface area contributed by atoms with Crippen molar-refractivity contribution in [2.75, 3.05) is 19.0 Å². The minimum Gasteiger partial charge on any atom is -0.330 e. The highest BCUT2D eigenvalue weighted by atomic mass is 32.2. The number of nitrogens with two attached hydrogens (primary N) is 1. The molecule has 1 aliphatic rings. The number of hydrogen-bond donors (Lipinski definition) is 2. The van der Waals surface area contributed by atoms with E-state index in [1.165, 1.54) is 0 Å². The van der Waals surface area contributed by atoms with Crippen molar-refractivity contribution in [2.45, 2.75) is 31.7 Å². The predicted molar refractivity (Wildman–Crippen MR) is 57.7 cm³/mol. The SMILES string of the molecule is NCC1CCCC1NS(=O)(=O)CCCF. The normalized spacial score (nSPS) is 27.1. The van der Waals surface area contributed by atoms with E-state index in [1.807, 2.05) is 0 Å². The molecule has 0 bridgehead atoms. The molecule has 0 aromatic carbocycles. The minimum absolute atomic E-state index is 0.0420. The first-order valence-corrected chi connectivity index (χ1v) is 7.00. The molecule has 2 atom stereocenters. The number of sulfonamides is 1. The zero-order chi connectivity index (χ0) is 11.3. The van der Waals surface area contributed by atoms with E-state index in [4.69, 9.17) is 5.73 Å². The Kier molecular flexibility index (Phi) is 4.95. The summed E-state index contributed by atoms with van der Waals surface area (Å²) in [6.07, 6.45) is 2.90. The van der Waals surface area contributed by atoms with Crippen LogP contribution in [0.5, 0.6) is 0 Å². The van der Waals surface area contributed by atoms with E-state index >= 15 is 0 Å². The Balaban J connectivity index is 2.45. The van der Waals surface area contributed by atoms with Crippen LogP contribution in [0.25, 0.3) is 0 Å². The zero-order valence-electron chi connectivity index (χ0n) is 8.78. The highest BCUT2D eigenvalue weighted by molar-refractivity contribution is 7.89. The van der Waals surface area contributed by atoms with Gasteiger partial charge in [-0.05, 0) is 31.7 Å². The Labute approximate surface area is 90.5 Å². The van der Waals surface area contributed by atoms with Gasteiger partial charge < -0.3 is 5.73 Å². The third kappa shape index (κ3) is 4.04. The van der Waals surface area contributed by atoms with Gasteiger partial charge in [0, 0.05) is 6.04 Å². The number of nitrogens with one attached hydrogen (secondary N) is 1. The molecule has 0 amide bonds. The van der Waals surface area contributed by atoms with Crippen molar-refractivity contribution < 1.29 is 12.8 Å². The first-order valence-electron chi connectivity index (χ1n) is 5.35. The molecule has 1 aliphatic carbocycles. The molecule has 1 rings (SSSR count). The van der Waals surface area contributed by atoms with E-state index in [1.54, 1.807) is 0 Å². The van der Waals surface area contributed by atoms with Crippen LogP contribution in [0.4, 0.5) is 4.39 Å². The lowest BCUT2D eigenvalue weighted by atomic mass is 10.1. The molecule has 0 aromatic rings. The quantitative estimate of drug-likeness (QED) is 0.703. The van der Waals surface area contributed by atoms with Gasteiger partial charge in [0.05, 0.1) is 12.4 Å². The van der Waals surface area contributed by atoms with E-state index in [0.29, 0.717) is 6.54 Å². The van der Waals surface area contributed by atoms with Crippen LogP contribution in [0.15, 0.2) is 0 Å². The van der Waals surface area contributed by atoms with Gasteiger partial charge in [0.15, 0.2) is 0 Å². The average Bonchev–Trinajstić information content (AvgIpc) is 2.61. The summed E-state index contributed by atoms with van der Waals surface area (Å²) in [7, 11) is -3.32. The summed E-state index contributed by atoms with van der Waals surface area (Å²) < 4.78 is 37.5. The van der Waals surface area contributed by atoms with Crippen molar-refractivity contribution in [3.8, 4) is 0 Å². The van der Waals surface area contributed by atoms with Crippen molar-refractivity contribution >= 4 is 10.0 Å². The molecule has 2 unspecified atom stereocenters. The van der Waals surface area contributed by atoms with E-state index in [-0.39, 0.29) is 24.1 Å². The lowest BCUT2D eigenvalue weighted by Gasteiger charge is -2.19. The van der Waals surface area contributed by atoms with Crippen LogP contribution < -0.4 is 10.5 Å². The summed E-state index contributed by atoms with van der Waals surface area (Å²) in [5.41, 5.74) is 5.55. The second kappa shape index (κ2) is 5.77. The van der Waals surface area contributed by atoms with Crippen LogP contribution in [0.1, 0.15) is 25.7 Å². The van der Waals surface area contributed by atoms with E-state index in [0.717, 1.165) is 19.3 Å². The maximum atomic E-state index is 11.9. The lowest BCUT2D eigenvalue weighted by molar-refractivity contribution is 0.448. The lowest BCUT2D eigenvalue weighted by Crippen LogP contribution is -2.40. The van der Waals surface area contributed by atoms with E-state index in [9.17, 15) is 12.8 Å². The molecule has 0 spiro atoms. The van der Waals surface area contributed by atoms with Gasteiger partial charge in [0.1, 0.15) is 0 Å². The minimum atomic E-state index is -3.32. The fraction of sp³-hybridized carbons (Fsp3) is 1.00. The van der Waals surface area contributed by atoms with Crippen molar-refractivity contribution in [3.05, 3.63) is 0 Å². The molecule has 1 saturated carbocycles. The summed E-state index contributed by atoms with van der Waals surface area (Å²) in [4.78, 5) is 0. The molecule has 1 fully saturated rings. The van der Waals surface area contributed by atoms with Gasteiger partial charge in [0.2, 0.25) is 10.0 Å². The molecule has 3 N–H and O–H groups in total. The van der Waals surface area contributed by atoms with Crippen LogP contribution in [0.2, 0.25) is 0 Å². The van der Waals surface area contributed by atoms with Crippen molar-refractivity contribution in [3.63, 3.8) is 0 Å². The predicted octanol–water partition coefficient (Wildman–Crippen LogP) is 0.393. The van der Waals surface area contributed by atoms with Crippen LogP contribution in [0.3, 0.4) is 0 Å². The molecule has 90 valence electrons. The largest absolute Gasteiger partial charge is 0.330 e. The number of alkyl halides is 1. The molecule has 0 aliphatic heterocycles. The topological polar surface area (TPSA) is 72.2 Å². The second-order valence-corrected chi connectivity index (χ2v) is 5.89. The number of rotatable bonds is 6. The highest BCUT2D eigenvalue weighted by Crippen LogP contribution is 2.25. The Morgan fingerprint density at radius 3 is 2.73 bits per heavy atom. The molecular formula is C9H19FN2O2S. The van der Waals surface area contributed by atoms with Gasteiger partial charge in [-0.2, -0.15) is 0 Å². The first kappa shape index (κ1) is 12.9. The van der Waals surface area contributed by atoms with Crippen LogP contribution in [-0.2, 0) is 10.0 Å². The second-order valence-electron chi connectivity index (χ2n) is 4.01. The molecule has 0 aromatic heterocycles. The molecular weight excluding hydrogens is 219 g/mol. The molecule has 15 heavy (non-hydrogen) atoms. The maximum Gasteiger partial charge on any atom is 0.211 e. The van der Waals surface area contributed by atoms with E-state index in [2.05, 4.69) is 4.72 Å². The third-order valence-electron chi connectivity index (χ3n) is 2.84. The van der Waals surface area contributed by atoms with Gasteiger partial charge in [-0.25, -0.2) is 13.1 Å². The van der Waals surface area contributed by atoms with Crippen LogP contribution >= 0.6 is 0 Å². The smallest absolute Gasteiger partial charge is 0.211 e. The van der Waals surface area contributed by atoms with Crippen molar-refractivity contribution in [1.29, 1.82) is 0 Å². The fourth-order valence-corrected chi connectivity index (χ4v) is 3.39. The van der Waals surface area contributed by atoms with Gasteiger partial charge in [-0.3, -0.25) is 4.39 Å². The summed E-state index contributed by atoms with van der Waals surface area (Å²) >= 11 is 0. The first-order chi connectivity index (χ1) is 7.09. The summed E-state index contributed by atoms with van der Waals surface area (Å²) in [5.74, 6) is 0.113. The number of halogens is 1. The summed E-state index contributed by atoms with van der Waals surface area (Å²) in [6, 6.07) is -0.0420. The Morgan fingerprint density at radius 1 is 1.40 bits per heavy atom. The van der Waals surface area contributed by atoms with Gasteiger partial charge >= 0.3 is 0 Å². The fourth-order valence-electron chi connectivity index (χ4n) is 2.01. The van der Waals surface area contributed by atoms with Crippen molar-refractivity contribution in [2.24, 2.45) is 11.7 Å². The Bertz CT molecular complexity index is 282. The van der Waals surface area contributed by atoms with E-state index < -0.39 is 16.7 Å². The molecule has 6 heteroatoms. The van der Waals surface area contributed by atoms with Gasteiger partial charge in [-0.1, -0.05) is 6.42 Å². The molecule has 0 saturated heterocycles. The molecule has 0 radical (unpaired) electrons. The van der Waals surface area contributed by atoms with Gasteiger partial charge in [0.25, 0.3) is 0 Å². The highest BCUT2D eigenvalue weighted by Gasteiger charge is 2.29. The summed E-state index contributed by atoms with van der Waals surface area (Å²) in [5, 5.41) is 0. The van der Waals surface area contributed by atoms with Crippen molar-refractivity contribution in [1.82, 2.24) is 4.72 Å². The number of hydrogen-bond acceptors (Lipinski definition) is 3. The van der Waals surface area contributed by atoms with Crippen LogP contribution in [-0.4, -0.2) is 33.4 Å². The Hall–Kier alpha value is -0.200. The maximum absolute atomic E-state index is 11.9. The Morgan fingerprint density at radius 2 is 2.13 bits per heavy atom. The third-order valence-corrected chi connectivity index (χ3v) is 4.33. The average molecular weight is 238 g/mol. The van der Waals surface area contributed by atoms with Crippen LogP contribution in [0, 0.1) is 5.92 Å². The standard InChI is InChI=1S/C9H19FN2O2S/c10-5-2-6-15(13,14)12-9-4-1-3-8(9)7-11/h8-9,12H,1-7,11H2. The molecule has 0 heterocycles. The monoisotopic (exact) mass is 238 g/mol. The molecule has 4 nitrogen and oxygen atoms in total.